The van der Waals surface area contributed by atoms with E-state index in [1.54, 1.807) is 0 Å². The Morgan fingerprint density at radius 1 is 1.64 bits per heavy atom. The van der Waals surface area contributed by atoms with Crippen LogP contribution in [0.5, 0.6) is 0 Å². The van der Waals surface area contributed by atoms with E-state index in [2.05, 4.69) is 43.4 Å². The molecule has 0 bridgehead atoms. The fraction of sp³-hybridized carbons (Fsp3) is 0.625. The third kappa shape index (κ3) is 22.5. The van der Waals surface area contributed by atoms with Crippen LogP contribution in [0.3, 0.4) is 0 Å². The van der Waals surface area contributed by atoms with Gasteiger partial charge in [0, 0.05) is 6.54 Å². The van der Waals surface area contributed by atoms with Gasteiger partial charge in [-0.15, -0.1) is 6.42 Å². The zero-order valence-corrected chi connectivity index (χ0v) is 9.81. The lowest BCUT2D eigenvalue weighted by atomic mass is 10.7. The lowest BCUT2D eigenvalue weighted by Crippen LogP contribution is -2.20. The first-order valence-corrected chi connectivity index (χ1v) is 5.05. The summed E-state index contributed by atoms with van der Waals surface area (Å²) in [5, 5.41) is 12.9. The van der Waals surface area contributed by atoms with E-state index in [4.69, 9.17) is 11.5 Å². The van der Waals surface area contributed by atoms with Crippen molar-refractivity contribution >= 4 is 31.4 Å². The van der Waals surface area contributed by atoms with E-state index in [0.717, 1.165) is 13.1 Å². The molecule has 0 rings (SSSR count). The molecule has 0 heterocycles. The highest BCUT2D eigenvalue weighted by Crippen LogP contribution is 1.95. The second-order valence-electron chi connectivity index (χ2n) is 2.15. The molecule has 0 spiro atoms. The highest BCUT2D eigenvalue weighted by atomic mass is 32.2. The molecule has 0 aromatic heterocycles. The SMILES string of the molecule is C#CCNC(=O)O.CCNCC(S)S. The quantitative estimate of drug-likeness (QED) is 0.283. The van der Waals surface area contributed by atoms with Crippen LogP contribution in [0.15, 0.2) is 0 Å². The van der Waals surface area contributed by atoms with Gasteiger partial charge in [-0.3, -0.25) is 0 Å². The first-order chi connectivity index (χ1) is 6.54. The number of hydrogen-bond donors (Lipinski definition) is 5. The fourth-order valence-electron chi connectivity index (χ4n) is 0.400. The molecule has 14 heavy (non-hydrogen) atoms. The number of hydrogen-bond acceptors (Lipinski definition) is 4. The molecule has 1 amide bonds. The molecule has 0 aliphatic rings. The number of nitrogens with one attached hydrogen (secondary N) is 2. The second-order valence-corrected chi connectivity index (χ2v) is 3.81. The Kier molecular flexibility index (Phi) is 14.2. The smallest absolute Gasteiger partial charge is 0.405 e. The topological polar surface area (TPSA) is 61.4 Å². The molecule has 0 unspecified atom stereocenters. The van der Waals surface area contributed by atoms with Crippen molar-refractivity contribution in [2.24, 2.45) is 0 Å². The fourth-order valence-corrected chi connectivity index (χ4v) is 0.658. The van der Waals surface area contributed by atoms with Crippen molar-refractivity contribution in [2.45, 2.75) is 11.5 Å². The number of carboxylic acid groups (broad SMARTS) is 1. The Balaban J connectivity index is 0. The van der Waals surface area contributed by atoms with Crippen molar-refractivity contribution in [1.29, 1.82) is 0 Å². The van der Waals surface area contributed by atoms with Crippen molar-refractivity contribution < 1.29 is 9.90 Å². The van der Waals surface area contributed by atoms with Crippen molar-refractivity contribution in [3.63, 3.8) is 0 Å². The van der Waals surface area contributed by atoms with Crippen LogP contribution in [0.4, 0.5) is 4.79 Å². The maximum atomic E-state index is 9.55. The van der Waals surface area contributed by atoms with E-state index in [9.17, 15) is 4.79 Å². The van der Waals surface area contributed by atoms with Gasteiger partial charge >= 0.3 is 6.09 Å². The number of carbonyl (C=O) groups is 1. The van der Waals surface area contributed by atoms with Gasteiger partial charge in [0.1, 0.15) is 0 Å². The van der Waals surface area contributed by atoms with E-state index in [-0.39, 0.29) is 11.1 Å². The molecule has 0 fully saturated rings. The first-order valence-electron chi connectivity index (χ1n) is 4.01. The summed E-state index contributed by atoms with van der Waals surface area (Å²) in [6.07, 6.45) is 3.62. The monoisotopic (exact) mass is 236 g/mol. The van der Waals surface area contributed by atoms with Crippen molar-refractivity contribution in [1.82, 2.24) is 10.6 Å². The molecule has 6 heteroatoms. The average Bonchev–Trinajstić information content (AvgIpc) is 2.12. The van der Waals surface area contributed by atoms with Crippen molar-refractivity contribution in [2.75, 3.05) is 19.6 Å². The van der Waals surface area contributed by atoms with E-state index in [1.807, 2.05) is 5.32 Å². The molecular formula is C8H16N2O2S2. The molecule has 0 aliphatic carbocycles. The van der Waals surface area contributed by atoms with Gasteiger partial charge in [-0.1, -0.05) is 12.8 Å². The number of rotatable bonds is 4. The highest BCUT2D eigenvalue weighted by molar-refractivity contribution is 7.99. The molecule has 82 valence electrons. The van der Waals surface area contributed by atoms with Gasteiger partial charge in [0.15, 0.2) is 0 Å². The molecule has 3 N–H and O–H groups in total. The number of terminal acetylenes is 1. The largest absolute Gasteiger partial charge is 0.465 e. The normalized spacial score (nSPS) is 8.50. The summed E-state index contributed by atoms with van der Waals surface area (Å²) in [6, 6.07) is 0. The molecule has 0 aromatic carbocycles. The minimum Gasteiger partial charge on any atom is -0.465 e. The van der Waals surface area contributed by atoms with E-state index < -0.39 is 6.09 Å². The summed E-state index contributed by atoms with van der Waals surface area (Å²) in [5.41, 5.74) is 0. The van der Waals surface area contributed by atoms with E-state index in [0.29, 0.717) is 0 Å². The van der Waals surface area contributed by atoms with Crippen LogP contribution in [-0.2, 0) is 0 Å². The molecule has 0 aromatic rings. The van der Waals surface area contributed by atoms with Gasteiger partial charge in [-0.05, 0) is 6.54 Å². The van der Waals surface area contributed by atoms with Gasteiger partial charge < -0.3 is 15.7 Å². The Morgan fingerprint density at radius 2 is 2.21 bits per heavy atom. The van der Waals surface area contributed by atoms with Gasteiger partial charge in [-0.25, -0.2) is 4.79 Å². The Morgan fingerprint density at radius 3 is 2.36 bits per heavy atom. The predicted molar refractivity (Wildman–Crippen MR) is 65.2 cm³/mol. The summed E-state index contributed by atoms with van der Waals surface area (Å²) in [4.78, 5) is 9.55. The standard InChI is InChI=1S/C4H5NO2.C4H11NS2/c1-2-3-5-4(6)7;1-2-5-3-4(6)7/h1,5H,3H2,(H,6,7);4-7H,2-3H2,1H3. The first kappa shape index (κ1) is 15.9. The van der Waals surface area contributed by atoms with Crippen molar-refractivity contribution in [3.05, 3.63) is 0 Å². The van der Waals surface area contributed by atoms with Crippen LogP contribution in [0, 0.1) is 12.3 Å². The Labute approximate surface area is 95.7 Å². The second kappa shape index (κ2) is 12.5. The van der Waals surface area contributed by atoms with Crippen LogP contribution >= 0.6 is 25.3 Å². The van der Waals surface area contributed by atoms with Crippen LogP contribution in [-0.4, -0.2) is 35.4 Å². The molecule has 0 saturated heterocycles. The summed E-state index contributed by atoms with van der Waals surface area (Å²) in [6.45, 7) is 4.01. The zero-order chi connectivity index (χ0) is 11.4. The van der Waals surface area contributed by atoms with Crippen molar-refractivity contribution in [3.8, 4) is 12.3 Å². The molecule has 0 aliphatic heterocycles. The lowest BCUT2D eigenvalue weighted by molar-refractivity contribution is 0.196. The van der Waals surface area contributed by atoms with E-state index >= 15 is 0 Å². The molecule has 0 atom stereocenters. The Bertz CT molecular complexity index is 181. The molecular weight excluding hydrogens is 220 g/mol. The molecule has 4 nitrogen and oxygen atoms in total. The average molecular weight is 236 g/mol. The minimum atomic E-state index is -1.09. The maximum absolute atomic E-state index is 9.55. The van der Waals surface area contributed by atoms with Crippen LogP contribution in [0.25, 0.3) is 0 Å². The third-order valence-corrected chi connectivity index (χ3v) is 1.28. The summed E-state index contributed by atoms with van der Waals surface area (Å²) >= 11 is 8.07. The number of thiol groups is 2. The van der Waals surface area contributed by atoms with Crippen LogP contribution < -0.4 is 10.6 Å². The van der Waals surface area contributed by atoms with Gasteiger partial charge in [0.05, 0.1) is 11.1 Å². The molecule has 0 saturated carbocycles. The predicted octanol–water partition coefficient (Wildman–Crippen LogP) is 0.669. The lowest BCUT2D eigenvalue weighted by Gasteiger charge is -2.00. The number of amides is 1. The Hall–Kier alpha value is -0.510. The van der Waals surface area contributed by atoms with Gasteiger partial charge in [-0.2, -0.15) is 25.3 Å². The van der Waals surface area contributed by atoms with Gasteiger partial charge in [0.2, 0.25) is 0 Å². The maximum Gasteiger partial charge on any atom is 0.405 e. The zero-order valence-electron chi connectivity index (χ0n) is 8.03. The van der Waals surface area contributed by atoms with Crippen LogP contribution in [0.1, 0.15) is 6.92 Å². The summed E-state index contributed by atoms with van der Waals surface area (Å²) in [5.74, 6) is 2.11. The van der Waals surface area contributed by atoms with E-state index in [1.165, 1.54) is 0 Å². The minimum absolute atomic E-state index is 0.0787. The van der Waals surface area contributed by atoms with Crippen LogP contribution in [0.2, 0.25) is 0 Å². The summed E-state index contributed by atoms with van der Waals surface area (Å²) < 4.78 is 0.181. The third-order valence-electron chi connectivity index (χ3n) is 0.919. The summed E-state index contributed by atoms with van der Waals surface area (Å²) in [7, 11) is 0. The van der Waals surface area contributed by atoms with Gasteiger partial charge in [0.25, 0.3) is 0 Å². The molecule has 0 radical (unpaired) electrons. The highest BCUT2D eigenvalue weighted by Gasteiger charge is 1.88.